The number of aliphatic hydroxyl groups excluding tert-OH is 2. The van der Waals surface area contributed by atoms with Crippen LogP contribution in [0.15, 0.2) is 12.7 Å². The molecule has 0 aliphatic carbocycles. The Hall–Kier alpha value is -1.44. The number of nitrogens with zero attached hydrogens (tertiary/aromatic N) is 1. The zero-order valence-corrected chi connectivity index (χ0v) is 46.9. The fraction of sp³-hybridized carbons (Fsp3) is 0.935. The van der Waals surface area contributed by atoms with Crippen molar-refractivity contribution in [2.24, 2.45) is 11.8 Å². The van der Waals surface area contributed by atoms with E-state index in [-0.39, 0.29) is 36.4 Å². The van der Waals surface area contributed by atoms with Gasteiger partial charge in [0.05, 0.1) is 43.8 Å². The van der Waals surface area contributed by atoms with Crippen molar-refractivity contribution < 1.29 is 29.3 Å². The second-order valence-electron chi connectivity index (χ2n) is 21.5. The molecule has 0 aromatic carbocycles. The summed E-state index contributed by atoms with van der Waals surface area (Å²) in [5.74, 6) is 0.0894. The quantitative estimate of drug-likeness (QED) is 0.0356. The standard InChI is InChI=1S/C62H121NO6/c1-6-11-16-21-24-25-26-27-28-29-30-33-42-51-60(65)59(56-64)63(52-43-34-36-45-54-68-61(66)57(47-38-19-14-9-4)49-40-31-22-17-12-7-2)53-44-35-37-46-55-69-62(67)58(48-39-20-15-10-5)50-41-32-23-18-13-8-3/h9,57-60,64-65H,4,6-8,10-56H2,1-3,5H3. The maximum absolute atomic E-state index is 13.2. The minimum absolute atomic E-state index is 0.000248. The maximum Gasteiger partial charge on any atom is 0.308 e. The van der Waals surface area contributed by atoms with E-state index in [9.17, 15) is 19.8 Å². The summed E-state index contributed by atoms with van der Waals surface area (Å²) >= 11 is 0. The Morgan fingerprint density at radius 3 is 1.06 bits per heavy atom. The van der Waals surface area contributed by atoms with E-state index in [0.29, 0.717) is 13.2 Å². The van der Waals surface area contributed by atoms with Gasteiger partial charge in [0.25, 0.3) is 0 Å². The van der Waals surface area contributed by atoms with Crippen molar-refractivity contribution in [3.8, 4) is 0 Å². The summed E-state index contributed by atoms with van der Waals surface area (Å²) in [4.78, 5) is 28.7. The first-order valence-electron chi connectivity index (χ1n) is 30.9. The second kappa shape index (κ2) is 54.3. The van der Waals surface area contributed by atoms with Crippen molar-refractivity contribution in [3.63, 3.8) is 0 Å². The number of allylic oxidation sites excluding steroid dienone is 1. The summed E-state index contributed by atoms with van der Waals surface area (Å²) in [5, 5.41) is 22.1. The van der Waals surface area contributed by atoms with Gasteiger partial charge in [0.2, 0.25) is 0 Å². The van der Waals surface area contributed by atoms with Gasteiger partial charge in [-0.2, -0.15) is 0 Å². The summed E-state index contributed by atoms with van der Waals surface area (Å²) in [6.07, 6.45) is 53.6. The molecule has 0 rings (SSSR count). The zero-order valence-electron chi connectivity index (χ0n) is 46.9. The molecule has 0 aliphatic rings. The van der Waals surface area contributed by atoms with E-state index in [0.717, 1.165) is 148 Å². The number of unbranched alkanes of at least 4 members (excludes halogenated alkanes) is 33. The lowest BCUT2D eigenvalue weighted by molar-refractivity contribution is -0.150. The van der Waals surface area contributed by atoms with Crippen LogP contribution in [0.5, 0.6) is 0 Å². The topological polar surface area (TPSA) is 96.3 Å². The number of ether oxygens (including phenoxy) is 2. The third kappa shape index (κ3) is 43.8. The predicted octanol–water partition coefficient (Wildman–Crippen LogP) is 18.1. The summed E-state index contributed by atoms with van der Waals surface area (Å²) in [6.45, 7) is 15.5. The zero-order chi connectivity index (χ0) is 50.5. The number of rotatable bonds is 57. The van der Waals surface area contributed by atoms with Crippen molar-refractivity contribution in [1.82, 2.24) is 4.90 Å². The molecule has 0 aromatic heterocycles. The molecule has 0 amide bonds. The van der Waals surface area contributed by atoms with E-state index >= 15 is 0 Å². The minimum Gasteiger partial charge on any atom is -0.465 e. The number of esters is 2. The van der Waals surface area contributed by atoms with E-state index in [1.165, 1.54) is 154 Å². The molecule has 0 aliphatic heterocycles. The molecule has 0 aromatic rings. The largest absolute Gasteiger partial charge is 0.465 e. The third-order valence-corrected chi connectivity index (χ3v) is 15.0. The average Bonchev–Trinajstić information content (AvgIpc) is 3.35. The van der Waals surface area contributed by atoms with Crippen LogP contribution in [-0.2, 0) is 19.1 Å². The summed E-state index contributed by atoms with van der Waals surface area (Å²) in [7, 11) is 0. The van der Waals surface area contributed by atoms with Crippen LogP contribution in [0.2, 0.25) is 0 Å². The number of aliphatic hydroxyl groups is 2. The van der Waals surface area contributed by atoms with E-state index in [4.69, 9.17) is 9.47 Å². The van der Waals surface area contributed by atoms with Gasteiger partial charge in [0.15, 0.2) is 0 Å². The molecular formula is C62H121NO6. The highest BCUT2D eigenvalue weighted by Gasteiger charge is 2.25. The van der Waals surface area contributed by atoms with Crippen LogP contribution in [-0.4, -0.2) is 72.1 Å². The van der Waals surface area contributed by atoms with E-state index in [2.05, 4.69) is 39.2 Å². The Morgan fingerprint density at radius 1 is 0.420 bits per heavy atom. The molecule has 0 bridgehead atoms. The summed E-state index contributed by atoms with van der Waals surface area (Å²) in [6, 6.07) is -0.250. The highest BCUT2D eigenvalue weighted by molar-refractivity contribution is 5.72. The maximum atomic E-state index is 13.2. The molecule has 0 saturated carbocycles. The number of hydrogen-bond donors (Lipinski definition) is 2. The number of carbonyl (C=O) groups excluding carboxylic acids is 2. The fourth-order valence-electron chi connectivity index (χ4n) is 10.2. The second-order valence-corrected chi connectivity index (χ2v) is 21.5. The Kier molecular flexibility index (Phi) is 53.2. The van der Waals surface area contributed by atoms with Crippen LogP contribution in [0.4, 0.5) is 0 Å². The van der Waals surface area contributed by atoms with Crippen molar-refractivity contribution in [1.29, 1.82) is 0 Å². The normalized spacial score (nSPS) is 13.4. The van der Waals surface area contributed by atoms with Crippen molar-refractivity contribution in [2.45, 2.75) is 329 Å². The molecule has 69 heavy (non-hydrogen) atoms. The fourth-order valence-corrected chi connectivity index (χ4v) is 10.2. The Balaban J connectivity index is 5.05. The lowest BCUT2D eigenvalue weighted by Gasteiger charge is -2.34. The van der Waals surface area contributed by atoms with Gasteiger partial charge in [0, 0.05) is 0 Å². The molecule has 2 N–H and O–H groups in total. The van der Waals surface area contributed by atoms with E-state index in [1.807, 2.05) is 6.08 Å². The van der Waals surface area contributed by atoms with E-state index in [1.54, 1.807) is 0 Å². The van der Waals surface area contributed by atoms with Crippen molar-refractivity contribution >= 4 is 11.9 Å². The van der Waals surface area contributed by atoms with Crippen LogP contribution in [0, 0.1) is 11.8 Å². The monoisotopic (exact) mass is 976 g/mol. The first-order valence-corrected chi connectivity index (χ1v) is 30.9. The van der Waals surface area contributed by atoms with Crippen LogP contribution >= 0.6 is 0 Å². The first kappa shape index (κ1) is 67.6. The Morgan fingerprint density at radius 2 is 0.710 bits per heavy atom. The van der Waals surface area contributed by atoms with Gasteiger partial charge in [0.1, 0.15) is 0 Å². The SMILES string of the molecule is C=CCCCCC(CCCCCCCC)C(=O)OCCCCCCN(CCCCCCOC(=O)C(CCCCCC)CCCCCCCC)C(CO)C(O)CCCCCCCCCCCCCCC. The molecule has 0 heterocycles. The minimum atomic E-state index is -0.533. The molecule has 410 valence electrons. The molecular weight excluding hydrogens is 855 g/mol. The van der Waals surface area contributed by atoms with Crippen LogP contribution in [0.1, 0.15) is 317 Å². The lowest BCUT2D eigenvalue weighted by atomic mass is 9.94. The first-order chi connectivity index (χ1) is 33.9. The highest BCUT2D eigenvalue weighted by Crippen LogP contribution is 2.23. The number of carbonyl (C=O) groups is 2. The Labute approximate surface area is 430 Å². The van der Waals surface area contributed by atoms with Gasteiger partial charge in [-0.15, -0.1) is 6.58 Å². The molecule has 0 spiro atoms. The van der Waals surface area contributed by atoms with Crippen molar-refractivity contribution in [3.05, 3.63) is 12.7 Å². The van der Waals surface area contributed by atoms with Gasteiger partial charge in [-0.1, -0.05) is 252 Å². The van der Waals surface area contributed by atoms with Crippen molar-refractivity contribution in [2.75, 3.05) is 32.9 Å². The van der Waals surface area contributed by atoms with Gasteiger partial charge in [-0.3, -0.25) is 14.5 Å². The van der Waals surface area contributed by atoms with Gasteiger partial charge in [-0.25, -0.2) is 0 Å². The predicted molar refractivity (Wildman–Crippen MR) is 298 cm³/mol. The smallest absolute Gasteiger partial charge is 0.308 e. The van der Waals surface area contributed by atoms with E-state index < -0.39 is 6.10 Å². The van der Waals surface area contributed by atoms with Gasteiger partial charge in [-0.05, 0) is 83.7 Å². The highest BCUT2D eigenvalue weighted by atomic mass is 16.5. The van der Waals surface area contributed by atoms with Crippen LogP contribution in [0.25, 0.3) is 0 Å². The number of hydrogen-bond acceptors (Lipinski definition) is 7. The van der Waals surface area contributed by atoms with Crippen LogP contribution < -0.4 is 0 Å². The molecule has 4 atom stereocenters. The molecule has 7 heteroatoms. The summed E-state index contributed by atoms with van der Waals surface area (Å²) < 4.78 is 11.8. The van der Waals surface area contributed by atoms with Crippen LogP contribution in [0.3, 0.4) is 0 Å². The van der Waals surface area contributed by atoms with Gasteiger partial charge >= 0.3 is 11.9 Å². The third-order valence-electron chi connectivity index (χ3n) is 15.0. The molecule has 0 fully saturated rings. The average molecular weight is 977 g/mol. The molecule has 7 nitrogen and oxygen atoms in total. The molecule has 0 saturated heterocycles. The van der Waals surface area contributed by atoms with Gasteiger partial charge < -0.3 is 19.7 Å². The summed E-state index contributed by atoms with van der Waals surface area (Å²) in [5.41, 5.74) is 0. The lowest BCUT2D eigenvalue weighted by Crippen LogP contribution is -2.47. The molecule has 0 radical (unpaired) electrons. The Bertz CT molecular complexity index is 1070. The molecule has 4 unspecified atom stereocenters.